The highest BCUT2D eigenvalue weighted by Crippen LogP contribution is 2.21. The molecule has 0 spiro atoms. The van der Waals surface area contributed by atoms with E-state index in [9.17, 15) is 4.79 Å². The third kappa shape index (κ3) is 4.82. The van der Waals surface area contributed by atoms with Gasteiger partial charge in [0.15, 0.2) is 0 Å². The Hall–Kier alpha value is -2.95. The summed E-state index contributed by atoms with van der Waals surface area (Å²) in [6.45, 7) is 6.38. The van der Waals surface area contributed by atoms with Gasteiger partial charge < -0.3 is 9.84 Å². The van der Waals surface area contributed by atoms with Crippen LogP contribution in [0.15, 0.2) is 53.1 Å². The highest BCUT2D eigenvalue weighted by Gasteiger charge is 2.12. The van der Waals surface area contributed by atoms with E-state index in [-0.39, 0.29) is 5.91 Å². The summed E-state index contributed by atoms with van der Waals surface area (Å²) in [5.41, 5.74) is 4.17. The number of amides is 1. The van der Waals surface area contributed by atoms with Crippen LogP contribution >= 0.6 is 0 Å². The molecule has 140 valence electrons. The van der Waals surface area contributed by atoms with Gasteiger partial charge in [-0.2, -0.15) is 4.98 Å². The highest BCUT2D eigenvalue weighted by atomic mass is 16.5. The molecule has 0 aliphatic heterocycles. The predicted molar refractivity (Wildman–Crippen MR) is 107 cm³/mol. The van der Waals surface area contributed by atoms with Gasteiger partial charge in [-0.1, -0.05) is 68.4 Å². The second-order valence-electron chi connectivity index (χ2n) is 6.85. The number of nitrogens with one attached hydrogen (secondary N) is 1. The number of aryl methyl sites for hydroxylation is 2. The van der Waals surface area contributed by atoms with Crippen molar-refractivity contribution in [2.24, 2.45) is 0 Å². The minimum atomic E-state index is -0.0584. The van der Waals surface area contributed by atoms with Crippen LogP contribution in [0.3, 0.4) is 0 Å². The van der Waals surface area contributed by atoms with Crippen LogP contribution in [0.5, 0.6) is 0 Å². The van der Waals surface area contributed by atoms with Crippen molar-refractivity contribution in [2.75, 3.05) is 5.32 Å². The molecule has 3 rings (SSSR count). The average Bonchev–Trinajstić information content (AvgIpc) is 3.16. The summed E-state index contributed by atoms with van der Waals surface area (Å²) in [5.74, 6) is 1.45. The Morgan fingerprint density at radius 3 is 2.56 bits per heavy atom. The number of aromatic nitrogens is 2. The fraction of sp³-hybridized carbons (Fsp3) is 0.318. The van der Waals surface area contributed by atoms with E-state index in [0.29, 0.717) is 30.5 Å². The van der Waals surface area contributed by atoms with E-state index in [4.69, 9.17) is 4.52 Å². The van der Waals surface area contributed by atoms with Crippen molar-refractivity contribution >= 4 is 11.6 Å². The fourth-order valence-corrected chi connectivity index (χ4v) is 2.87. The summed E-state index contributed by atoms with van der Waals surface area (Å²) in [5, 5.41) is 6.99. The monoisotopic (exact) mass is 363 g/mol. The zero-order valence-electron chi connectivity index (χ0n) is 16.0. The van der Waals surface area contributed by atoms with Crippen LogP contribution in [0.1, 0.15) is 50.1 Å². The number of nitrogens with zero attached hydrogens (tertiary/aromatic N) is 2. The van der Waals surface area contributed by atoms with E-state index in [1.165, 1.54) is 5.56 Å². The van der Waals surface area contributed by atoms with E-state index < -0.39 is 0 Å². The fourth-order valence-electron chi connectivity index (χ4n) is 2.87. The first-order valence-electron chi connectivity index (χ1n) is 9.37. The lowest BCUT2D eigenvalue weighted by molar-refractivity contribution is -0.116. The summed E-state index contributed by atoms with van der Waals surface area (Å²) in [6, 6.07) is 16.0. The van der Waals surface area contributed by atoms with Gasteiger partial charge in [-0.05, 0) is 29.5 Å². The molecule has 5 nitrogen and oxygen atoms in total. The van der Waals surface area contributed by atoms with Crippen LogP contribution in [0, 0.1) is 0 Å². The third-order valence-corrected chi connectivity index (χ3v) is 4.54. The number of anilines is 1. The van der Waals surface area contributed by atoms with Gasteiger partial charge in [0, 0.05) is 24.1 Å². The smallest absolute Gasteiger partial charge is 0.227 e. The second-order valence-corrected chi connectivity index (χ2v) is 6.85. The largest absolute Gasteiger partial charge is 0.339 e. The Morgan fingerprint density at radius 1 is 1.11 bits per heavy atom. The minimum absolute atomic E-state index is 0.0584. The number of para-hydroxylation sites is 1. The molecule has 0 unspecified atom stereocenters. The van der Waals surface area contributed by atoms with Gasteiger partial charge in [0.1, 0.15) is 0 Å². The van der Waals surface area contributed by atoms with E-state index in [1.54, 1.807) is 0 Å². The average molecular weight is 363 g/mol. The van der Waals surface area contributed by atoms with Crippen LogP contribution < -0.4 is 5.32 Å². The minimum Gasteiger partial charge on any atom is -0.339 e. The molecule has 3 aromatic rings. The second kappa shape index (κ2) is 8.62. The maximum absolute atomic E-state index is 12.2. The predicted octanol–water partition coefficient (Wildman–Crippen LogP) is 4.99. The van der Waals surface area contributed by atoms with Crippen LogP contribution in [-0.2, 0) is 17.6 Å². The van der Waals surface area contributed by atoms with Gasteiger partial charge in [-0.3, -0.25) is 4.79 Å². The molecule has 1 N–H and O–H groups in total. The van der Waals surface area contributed by atoms with Crippen molar-refractivity contribution in [1.29, 1.82) is 0 Å². The summed E-state index contributed by atoms with van der Waals surface area (Å²) in [6.07, 6.45) is 1.59. The molecule has 1 aromatic heterocycles. The lowest BCUT2D eigenvalue weighted by atomic mass is 10.0. The summed E-state index contributed by atoms with van der Waals surface area (Å²) >= 11 is 0. The maximum Gasteiger partial charge on any atom is 0.227 e. The summed E-state index contributed by atoms with van der Waals surface area (Å²) < 4.78 is 5.30. The summed E-state index contributed by atoms with van der Waals surface area (Å²) in [4.78, 5) is 16.6. The number of rotatable bonds is 7. The Kier molecular flexibility index (Phi) is 6.01. The molecule has 27 heavy (non-hydrogen) atoms. The van der Waals surface area contributed by atoms with Crippen LogP contribution in [-0.4, -0.2) is 16.0 Å². The Balaban J connectivity index is 1.58. The lowest BCUT2D eigenvalue weighted by Crippen LogP contribution is -2.13. The Morgan fingerprint density at radius 2 is 1.85 bits per heavy atom. The first-order chi connectivity index (χ1) is 13.1. The Bertz CT molecular complexity index is 898. The van der Waals surface area contributed by atoms with Gasteiger partial charge in [-0.15, -0.1) is 0 Å². The number of carbonyl (C=O) groups is 1. The standard InChI is InChI=1S/C22H25N3O2/c1-4-16-7-5-6-8-19(16)23-20(26)13-14-21-24-22(25-27-21)18-11-9-17(10-12-18)15(2)3/h5-12,15H,4,13-14H2,1-3H3,(H,23,26). The molecule has 1 heterocycles. The van der Waals surface area contributed by atoms with Gasteiger partial charge in [0.05, 0.1) is 0 Å². The van der Waals surface area contributed by atoms with E-state index in [1.807, 2.05) is 36.4 Å². The molecule has 0 saturated carbocycles. The molecule has 1 amide bonds. The van der Waals surface area contributed by atoms with Crippen molar-refractivity contribution in [3.05, 3.63) is 65.5 Å². The normalized spacial score (nSPS) is 11.0. The van der Waals surface area contributed by atoms with E-state index in [0.717, 1.165) is 23.2 Å². The van der Waals surface area contributed by atoms with E-state index >= 15 is 0 Å². The molecule has 0 fully saturated rings. The third-order valence-electron chi connectivity index (χ3n) is 4.54. The zero-order chi connectivity index (χ0) is 19.2. The molecule has 0 radical (unpaired) electrons. The van der Waals surface area contributed by atoms with Crippen molar-refractivity contribution in [2.45, 2.75) is 46.0 Å². The molecule has 0 bridgehead atoms. The SMILES string of the molecule is CCc1ccccc1NC(=O)CCc1nc(-c2ccc(C(C)C)cc2)no1. The zero-order valence-corrected chi connectivity index (χ0v) is 16.0. The number of hydrogen-bond acceptors (Lipinski definition) is 4. The Labute approximate surface area is 159 Å². The topological polar surface area (TPSA) is 68.0 Å². The van der Waals surface area contributed by atoms with Crippen molar-refractivity contribution in [1.82, 2.24) is 10.1 Å². The molecule has 0 atom stereocenters. The van der Waals surface area contributed by atoms with Crippen molar-refractivity contribution in [3.63, 3.8) is 0 Å². The molecule has 0 aliphatic carbocycles. The van der Waals surface area contributed by atoms with Gasteiger partial charge >= 0.3 is 0 Å². The molecule has 0 aliphatic rings. The maximum atomic E-state index is 12.2. The van der Waals surface area contributed by atoms with Gasteiger partial charge in [0.25, 0.3) is 0 Å². The van der Waals surface area contributed by atoms with Crippen LogP contribution in [0.4, 0.5) is 5.69 Å². The quantitative estimate of drug-likeness (QED) is 0.642. The molecular formula is C22H25N3O2. The number of hydrogen-bond donors (Lipinski definition) is 1. The van der Waals surface area contributed by atoms with Crippen molar-refractivity contribution < 1.29 is 9.32 Å². The van der Waals surface area contributed by atoms with Crippen molar-refractivity contribution in [3.8, 4) is 11.4 Å². The van der Waals surface area contributed by atoms with Gasteiger partial charge in [-0.25, -0.2) is 0 Å². The summed E-state index contributed by atoms with van der Waals surface area (Å²) in [7, 11) is 0. The number of benzene rings is 2. The van der Waals surface area contributed by atoms with Crippen LogP contribution in [0.2, 0.25) is 0 Å². The molecular weight excluding hydrogens is 338 g/mol. The lowest BCUT2D eigenvalue weighted by Gasteiger charge is -2.08. The first kappa shape index (κ1) is 18.8. The molecule has 5 heteroatoms. The van der Waals surface area contributed by atoms with Gasteiger partial charge in [0.2, 0.25) is 17.6 Å². The molecule has 0 saturated heterocycles. The number of carbonyl (C=O) groups excluding carboxylic acids is 1. The highest BCUT2D eigenvalue weighted by molar-refractivity contribution is 5.91. The first-order valence-corrected chi connectivity index (χ1v) is 9.37. The molecule has 2 aromatic carbocycles. The van der Waals surface area contributed by atoms with E-state index in [2.05, 4.69) is 48.4 Å². The van der Waals surface area contributed by atoms with Crippen LogP contribution in [0.25, 0.3) is 11.4 Å².